The number of hydrogen-bond acceptors (Lipinski definition) is 5. The monoisotopic (exact) mass is 392 g/mol. The first kappa shape index (κ1) is 18.2. The van der Waals surface area contributed by atoms with Crippen molar-refractivity contribution in [1.29, 1.82) is 0 Å². The van der Waals surface area contributed by atoms with Gasteiger partial charge in [-0.3, -0.25) is 9.59 Å². The van der Waals surface area contributed by atoms with Crippen LogP contribution < -0.4 is 4.74 Å². The summed E-state index contributed by atoms with van der Waals surface area (Å²) in [6.45, 7) is 2.66. The number of hydrogen-bond donors (Lipinski definition) is 0. The summed E-state index contributed by atoms with van der Waals surface area (Å²) in [5, 5.41) is 6.22. The largest absolute Gasteiger partial charge is 0.445 e. The second-order valence-electron chi connectivity index (χ2n) is 5.49. The number of carbonyl (C=O) groups is 2. The van der Waals surface area contributed by atoms with Crippen molar-refractivity contribution >= 4 is 41.0 Å². The highest BCUT2D eigenvalue weighted by Gasteiger charge is 2.35. The molecule has 0 aromatic heterocycles. The van der Waals surface area contributed by atoms with Gasteiger partial charge in [0.1, 0.15) is 5.75 Å². The molecule has 0 radical (unpaired) electrons. The lowest BCUT2D eigenvalue weighted by Crippen LogP contribution is -2.26. The molecule has 134 valence electrons. The van der Waals surface area contributed by atoms with Crippen molar-refractivity contribution in [3.05, 3.63) is 63.6 Å². The Bertz CT molecular complexity index is 914. The number of para-hydroxylation sites is 1. The van der Waals surface area contributed by atoms with E-state index in [4.69, 9.17) is 32.7 Å². The van der Waals surface area contributed by atoms with Crippen LogP contribution in [0.25, 0.3) is 0 Å². The van der Waals surface area contributed by atoms with Crippen molar-refractivity contribution in [2.45, 2.75) is 20.1 Å². The maximum absolute atomic E-state index is 12.1. The van der Waals surface area contributed by atoms with Crippen LogP contribution in [0.1, 0.15) is 31.2 Å². The maximum Gasteiger partial charge on any atom is 0.308 e. The Morgan fingerprint density at radius 2 is 1.88 bits per heavy atom. The summed E-state index contributed by atoms with van der Waals surface area (Å²) in [4.78, 5) is 23.4. The second kappa shape index (κ2) is 7.35. The molecule has 2 aromatic carbocycles. The molecule has 0 saturated heterocycles. The molecule has 6 nitrogen and oxygen atoms in total. The molecule has 0 bridgehead atoms. The number of rotatable bonds is 3. The van der Waals surface area contributed by atoms with Gasteiger partial charge in [0.25, 0.3) is 0 Å². The van der Waals surface area contributed by atoms with Crippen LogP contribution in [0, 0.1) is 0 Å². The Hall–Kier alpha value is -2.57. The molecular formula is C18H14Cl2N2O4. The van der Waals surface area contributed by atoms with Crippen LogP contribution in [0.4, 0.5) is 0 Å². The van der Waals surface area contributed by atoms with E-state index in [2.05, 4.69) is 5.10 Å². The number of benzene rings is 2. The van der Waals surface area contributed by atoms with Crippen LogP contribution in [-0.2, 0) is 14.3 Å². The Labute approximate surface area is 159 Å². The number of halogens is 2. The van der Waals surface area contributed by atoms with Gasteiger partial charge in [0.05, 0.1) is 16.1 Å². The average molecular weight is 393 g/mol. The van der Waals surface area contributed by atoms with Gasteiger partial charge < -0.3 is 9.47 Å². The van der Waals surface area contributed by atoms with Crippen molar-refractivity contribution in [2.75, 3.05) is 0 Å². The molecule has 3 rings (SSSR count). The highest BCUT2D eigenvalue weighted by molar-refractivity contribution is 6.36. The highest BCUT2D eigenvalue weighted by Crippen LogP contribution is 2.36. The van der Waals surface area contributed by atoms with Gasteiger partial charge in [0, 0.05) is 18.9 Å². The predicted octanol–water partition coefficient (Wildman–Crippen LogP) is 4.16. The molecule has 0 saturated carbocycles. The Kier molecular flexibility index (Phi) is 5.15. The van der Waals surface area contributed by atoms with Crippen molar-refractivity contribution in [2.24, 2.45) is 5.10 Å². The van der Waals surface area contributed by atoms with Crippen LogP contribution in [0.2, 0.25) is 10.0 Å². The lowest BCUT2D eigenvalue weighted by Gasteiger charge is -2.21. The Balaban J connectivity index is 2.00. The van der Waals surface area contributed by atoms with Crippen LogP contribution >= 0.6 is 23.2 Å². The number of esters is 1. The van der Waals surface area contributed by atoms with Gasteiger partial charge in [0.15, 0.2) is 0 Å². The minimum Gasteiger partial charge on any atom is -0.445 e. The first-order valence-corrected chi connectivity index (χ1v) is 8.40. The summed E-state index contributed by atoms with van der Waals surface area (Å²) in [5.74, 6) is -0.362. The summed E-state index contributed by atoms with van der Waals surface area (Å²) in [7, 11) is 0. The molecule has 1 heterocycles. The lowest BCUT2D eigenvalue weighted by atomic mass is 10.1. The van der Waals surface area contributed by atoms with E-state index in [-0.39, 0.29) is 17.6 Å². The fourth-order valence-electron chi connectivity index (χ4n) is 2.47. The van der Waals surface area contributed by atoms with Crippen molar-refractivity contribution in [3.63, 3.8) is 0 Å². The molecule has 1 aliphatic heterocycles. The van der Waals surface area contributed by atoms with Gasteiger partial charge in [-0.2, -0.15) is 5.01 Å². The number of nitrogens with zero attached hydrogens (tertiary/aromatic N) is 2. The van der Waals surface area contributed by atoms with E-state index in [1.165, 1.54) is 18.9 Å². The third-order valence-corrected chi connectivity index (χ3v) is 4.11. The van der Waals surface area contributed by atoms with Gasteiger partial charge in [-0.05, 0) is 30.3 Å². The summed E-state index contributed by atoms with van der Waals surface area (Å²) in [5.41, 5.74) is 0.983. The van der Waals surface area contributed by atoms with E-state index in [1.807, 2.05) is 0 Å². The van der Waals surface area contributed by atoms with Gasteiger partial charge in [-0.15, -0.1) is 5.10 Å². The first-order chi connectivity index (χ1) is 12.4. The Morgan fingerprint density at radius 3 is 2.54 bits per heavy atom. The number of amides is 1. The van der Waals surface area contributed by atoms with E-state index in [1.54, 1.807) is 42.5 Å². The minimum absolute atomic E-state index is 0.171. The van der Waals surface area contributed by atoms with Gasteiger partial charge in [-0.1, -0.05) is 35.3 Å². The van der Waals surface area contributed by atoms with E-state index in [9.17, 15) is 9.59 Å². The first-order valence-electron chi connectivity index (χ1n) is 7.64. The summed E-state index contributed by atoms with van der Waals surface area (Å²) >= 11 is 12.1. The molecule has 0 aliphatic carbocycles. The molecule has 1 unspecified atom stereocenters. The fourth-order valence-corrected chi connectivity index (χ4v) is 2.96. The SMILES string of the molecule is CC(=O)Oc1ccccc1C1OC(c2ccc(Cl)cc2Cl)=NN1C(C)=O. The van der Waals surface area contributed by atoms with Crippen LogP contribution in [-0.4, -0.2) is 22.8 Å². The summed E-state index contributed by atoms with van der Waals surface area (Å²) in [6, 6.07) is 11.6. The topological polar surface area (TPSA) is 68.2 Å². The molecule has 0 N–H and O–H groups in total. The predicted molar refractivity (Wildman–Crippen MR) is 97.1 cm³/mol. The molecule has 26 heavy (non-hydrogen) atoms. The van der Waals surface area contributed by atoms with Crippen molar-refractivity contribution < 1.29 is 19.1 Å². The second-order valence-corrected chi connectivity index (χ2v) is 6.34. The fraction of sp³-hybridized carbons (Fsp3) is 0.167. The number of carbonyl (C=O) groups excluding carboxylic acids is 2. The highest BCUT2D eigenvalue weighted by atomic mass is 35.5. The van der Waals surface area contributed by atoms with E-state index < -0.39 is 12.2 Å². The Morgan fingerprint density at radius 1 is 1.15 bits per heavy atom. The minimum atomic E-state index is -0.884. The van der Waals surface area contributed by atoms with Crippen LogP contribution in [0.5, 0.6) is 5.75 Å². The van der Waals surface area contributed by atoms with Gasteiger partial charge >= 0.3 is 5.97 Å². The molecule has 8 heteroatoms. The summed E-state index contributed by atoms with van der Waals surface area (Å²) < 4.78 is 11.1. The zero-order chi connectivity index (χ0) is 18.8. The molecule has 0 fully saturated rings. The molecule has 1 aliphatic rings. The van der Waals surface area contributed by atoms with Crippen LogP contribution in [0.15, 0.2) is 47.6 Å². The molecule has 2 aromatic rings. The van der Waals surface area contributed by atoms with Crippen LogP contribution in [0.3, 0.4) is 0 Å². The third-order valence-electron chi connectivity index (χ3n) is 3.57. The smallest absolute Gasteiger partial charge is 0.308 e. The zero-order valence-electron chi connectivity index (χ0n) is 13.9. The number of ether oxygens (including phenoxy) is 2. The zero-order valence-corrected chi connectivity index (χ0v) is 15.4. The third kappa shape index (κ3) is 3.66. The van der Waals surface area contributed by atoms with E-state index in [0.717, 1.165) is 0 Å². The van der Waals surface area contributed by atoms with Crippen molar-refractivity contribution in [1.82, 2.24) is 5.01 Å². The molecule has 1 amide bonds. The van der Waals surface area contributed by atoms with E-state index in [0.29, 0.717) is 21.2 Å². The maximum atomic E-state index is 12.1. The quantitative estimate of drug-likeness (QED) is 0.580. The summed E-state index contributed by atoms with van der Waals surface area (Å²) in [6.07, 6.45) is -0.884. The average Bonchev–Trinajstić information content (AvgIpc) is 3.00. The molecule has 0 spiro atoms. The number of hydrazone groups is 1. The normalized spacial score (nSPS) is 16.1. The van der Waals surface area contributed by atoms with E-state index >= 15 is 0 Å². The standard InChI is InChI=1S/C18H14Cl2N2O4/c1-10(23)22-18(14-5-3-4-6-16(14)25-11(2)24)26-17(21-22)13-8-7-12(19)9-15(13)20/h3-9,18H,1-2H3. The van der Waals surface area contributed by atoms with Gasteiger partial charge in [0.2, 0.25) is 18.0 Å². The molecular weight excluding hydrogens is 379 g/mol. The lowest BCUT2D eigenvalue weighted by molar-refractivity contribution is -0.135. The van der Waals surface area contributed by atoms with Crippen molar-refractivity contribution in [3.8, 4) is 5.75 Å². The van der Waals surface area contributed by atoms with Gasteiger partial charge in [-0.25, -0.2) is 0 Å². The molecule has 1 atom stereocenters.